The minimum atomic E-state index is -3.85. The quantitative estimate of drug-likeness (QED) is 0.804. The van der Waals surface area contributed by atoms with Crippen molar-refractivity contribution in [2.24, 2.45) is 5.92 Å². The Morgan fingerprint density at radius 1 is 1.22 bits per heavy atom. The maximum absolute atomic E-state index is 14.6. The third-order valence-electron chi connectivity index (χ3n) is 5.34. The Balaban J connectivity index is 1.84. The summed E-state index contributed by atoms with van der Waals surface area (Å²) >= 11 is 0. The molecule has 3 amide bonds. The first-order chi connectivity index (χ1) is 10.6. The topological polar surface area (TPSA) is 86.8 Å². The van der Waals surface area contributed by atoms with Gasteiger partial charge in [0.25, 0.3) is 0 Å². The molecule has 9 heteroatoms. The molecule has 4 atom stereocenters. The predicted molar refractivity (Wildman–Crippen MR) is 80.8 cm³/mol. The highest BCUT2D eigenvalue weighted by molar-refractivity contribution is 7.90. The second kappa shape index (κ2) is 5.14. The van der Waals surface area contributed by atoms with Crippen molar-refractivity contribution in [1.82, 2.24) is 14.5 Å². The van der Waals surface area contributed by atoms with Gasteiger partial charge >= 0.3 is 6.03 Å². The summed E-state index contributed by atoms with van der Waals surface area (Å²) in [6.07, 6.45) is -0.350. The number of urea groups is 1. The Morgan fingerprint density at radius 2 is 1.83 bits per heavy atom. The summed E-state index contributed by atoms with van der Waals surface area (Å²) in [7, 11) is -0.961. The number of hydrogen-bond acceptors (Lipinski definition) is 4. The van der Waals surface area contributed by atoms with Crippen molar-refractivity contribution in [1.29, 1.82) is 0 Å². The van der Waals surface area contributed by atoms with Gasteiger partial charge in [0, 0.05) is 32.1 Å². The van der Waals surface area contributed by atoms with E-state index in [4.69, 9.17) is 0 Å². The summed E-state index contributed by atoms with van der Waals surface area (Å²) in [6, 6.07) is -1.06. The number of halogens is 1. The third-order valence-corrected chi connectivity index (χ3v) is 7.40. The number of sulfonamides is 1. The summed E-state index contributed by atoms with van der Waals surface area (Å²) in [5.41, 5.74) is -0.477. The molecule has 0 radical (unpaired) electrons. The smallest absolute Gasteiger partial charge is 0.323 e. The molecule has 4 unspecified atom stereocenters. The van der Waals surface area contributed by atoms with Gasteiger partial charge in [-0.25, -0.2) is 22.3 Å². The summed E-state index contributed by atoms with van der Waals surface area (Å²) in [5, 5.41) is -1.25. The molecule has 3 fully saturated rings. The lowest BCUT2D eigenvalue weighted by Gasteiger charge is -2.46. The van der Waals surface area contributed by atoms with Crippen LogP contribution in [0.4, 0.5) is 9.18 Å². The molecule has 3 aliphatic rings. The highest BCUT2D eigenvalue weighted by Crippen LogP contribution is 2.40. The molecule has 1 saturated heterocycles. The van der Waals surface area contributed by atoms with E-state index in [9.17, 15) is 22.4 Å². The molecule has 0 bridgehead atoms. The Kier molecular flexibility index (Phi) is 3.72. The zero-order chi connectivity index (χ0) is 17.2. The van der Waals surface area contributed by atoms with E-state index in [-0.39, 0.29) is 12.8 Å². The van der Waals surface area contributed by atoms with Crippen LogP contribution in [0.5, 0.6) is 0 Å². The molecule has 7 nitrogen and oxygen atoms in total. The highest BCUT2D eigenvalue weighted by atomic mass is 32.2. The summed E-state index contributed by atoms with van der Waals surface area (Å²) in [4.78, 5) is 26.6. The molecular weight excluding hydrogens is 325 g/mol. The molecule has 1 N–H and O–H groups in total. The van der Waals surface area contributed by atoms with Crippen LogP contribution in [0.1, 0.15) is 32.6 Å². The molecule has 1 aliphatic heterocycles. The van der Waals surface area contributed by atoms with Gasteiger partial charge in [-0.1, -0.05) is 0 Å². The number of imide groups is 1. The maximum atomic E-state index is 14.6. The van der Waals surface area contributed by atoms with Crippen LogP contribution in [0.25, 0.3) is 0 Å². The van der Waals surface area contributed by atoms with Crippen molar-refractivity contribution in [2.45, 2.75) is 55.6 Å². The van der Waals surface area contributed by atoms with Crippen molar-refractivity contribution >= 4 is 22.0 Å². The van der Waals surface area contributed by atoms with Crippen molar-refractivity contribution in [3.63, 3.8) is 0 Å². The van der Waals surface area contributed by atoms with Gasteiger partial charge in [-0.3, -0.25) is 9.69 Å². The van der Waals surface area contributed by atoms with Crippen LogP contribution in [-0.4, -0.2) is 67.3 Å². The normalized spacial score (nSPS) is 36.9. The van der Waals surface area contributed by atoms with E-state index in [1.54, 1.807) is 6.92 Å². The summed E-state index contributed by atoms with van der Waals surface area (Å²) in [5.74, 6) is -1.11. The number of amides is 3. The van der Waals surface area contributed by atoms with E-state index >= 15 is 0 Å². The van der Waals surface area contributed by atoms with E-state index in [0.29, 0.717) is 0 Å². The average molecular weight is 347 g/mol. The number of rotatable bonds is 3. The predicted octanol–water partition coefficient (Wildman–Crippen LogP) is 0.467. The molecule has 3 rings (SSSR count). The zero-order valence-electron chi connectivity index (χ0n) is 13.5. The van der Waals surface area contributed by atoms with E-state index in [1.807, 2.05) is 0 Å². The van der Waals surface area contributed by atoms with Crippen molar-refractivity contribution in [3.8, 4) is 0 Å². The van der Waals surface area contributed by atoms with E-state index in [1.165, 1.54) is 19.0 Å². The molecular formula is C14H22FN3O4S. The molecule has 2 saturated carbocycles. The minimum absolute atomic E-state index is 0.0992. The van der Waals surface area contributed by atoms with E-state index in [0.717, 1.165) is 17.7 Å². The molecule has 130 valence electrons. The van der Waals surface area contributed by atoms with E-state index in [2.05, 4.69) is 4.72 Å². The van der Waals surface area contributed by atoms with Gasteiger partial charge in [-0.05, 0) is 26.2 Å². The second-order valence-corrected chi connectivity index (χ2v) is 9.10. The van der Waals surface area contributed by atoms with Crippen molar-refractivity contribution in [3.05, 3.63) is 0 Å². The Bertz CT molecular complexity index is 648. The molecule has 1 heterocycles. The fourth-order valence-electron chi connectivity index (χ4n) is 3.55. The van der Waals surface area contributed by atoms with Gasteiger partial charge in [0.05, 0.1) is 5.92 Å². The van der Waals surface area contributed by atoms with Gasteiger partial charge < -0.3 is 4.90 Å². The van der Waals surface area contributed by atoms with Gasteiger partial charge in [0.15, 0.2) is 0 Å². The Labute approximate surface area is 135 Å². The van der Waals surface area contributed by atoms with Crippen LogP contribution in [0, 0.1) is 5.92 Å². The van der Waals surface area contributed by atoms with Crippen molar-refractivity contribution in [2.75, 3.05) is 14.1 Å². The molecule has 0 aromatic heterocycles. The average Bonchev–Trinajstić information content (AvgIpc) is 3.18. The Hall–Kier alpha value is -1.22. The largest absolute Gasteiger partial charge is 0.326 e. The number of carbonyl (C=O) groups is 2. The summed E-state index contributed by atoms with van der Waals surface area (Å²) in [6.45, 7) is 1.79. The number of alkyl halides is 1. The highest BCUT2D eigenvalue weighted by Gasteiger charge is 2.54. The number of nitrogens with one attached hydrogen (secondary N) is 1. The lowest BCUT2D eigenvalue weighted by molar-refractivity contribution is -0.139. The van der Waals surface area contributed by atoms with Gasteiger partial charge in [-0.2, -0.15) is 0 Å². The molecule has 0 aromatic rings. The van der Waals surface area contributed by atoms with Crippen LogP contribution in [0.2, 0.25) is 0 Å². The molecule has 0 spiro atoms. The first-order valence-corrected chi connectivity index (χ1v) is 9.31. The van der Waals surface area contributed by atoms with Gasteiger partial charge in [0.2, 0.25) is 15.9 Å². The fraction of sp³-hybridized carbons (Fsp3) is 0.857. The Morgan fingerprint density at radius 3 is 2.39 bits per heavy atom. The van der Waals surface area contributed by atoms with Crippen LogP contribution in [0.15, 0.2) is 0 Å². The SMILES string of the molecule is CN1C(=O)C2CC(S(=O)(=O)NC3(C)CC3)C(F)CC2N(C)C1=O. The number of carbonyl (C=O) groups excluding carboxylic acids is 2. The number of fused-ring (bicyclic) bond motifs is 1. The molecule has 2 aliphatic carbocycles. The van der Waals surface area contributed by atoms with Crippen LogP contribution in [0.3, 0.4) is 0 Å². The van der Waals surface area contributed by atoms with Crippen LogP contribution >= 0.6 is 0 Å². The van der Waals surface area contributed by atoms with E-state index < -0.39 is 50.9 Å². The summed E-state index contributed by atoms with van der Waals surface area (Å²) < 4.78 is 42.1. The van der Waals surface area contributed by atoms with Crippen molar-refractivity contribution < 1.29 is 22.4 Å². The molecule has 0 aromatic carbocycles. The zero-order valence-corrected chi connectivity index (χ0v) is 14.3. The first kappa shape index (κ1) is 16.6. The minimum Gasteiger partial charge on any atom is -0.323 e. The number of hydrogen-bond donors (Lipinski definition) is 1. The maximum Gasteiger partial charge on any atom is 0.326 e. The van der Waals surface area contributed by atoms with Crippen LogP contribution in [-0.2, 0) is 14.8 Å². The monoisotopic (exact) mass is 347 g/mol. The van der Waals surface area contributed by atoms with Gasteiger partial charge in [0.1, 0.15) is 11.4 Å². The lowest BCUT2D eigenvalue weighted by Crippen LogP contribution is -2.64. The van der Waals surface area contributed by atoms with Crippen LogP contribution < -0.4 is 4.72 Å². The van der Waals surface area contributed by atoms with Gasteiger partial charge in [-0.15, -0.1) is 0 Å². The third kappa shape index (κ3) is 2.73. The first-order valence-electron chi connectivity index (χ1n) is 7.77. The molecule has 23 heavy (non-hydrogen) atoms. The second-order valence-electron chi connectivity index (χ2n) is 7.20. The lowest BCUT2D eigenvalue weighted by atomic mass is 9.80. The number of nitrogens with zero attached hydrogens (tertiary/aromatic N) is 2. The fourth-order valence-corrected chi connectivity index (χ4v) is 5.55. The standard InChI is InChI=1S/C14H22FN3O4S/c1-14(4-5-14)16-23(21,22)11-6-8-10(7-9(11)15)17(2)13(20)18(3)12(8)19/h8-11,16H,4-7H2,1-3H3.